The molecule has 2 atom stereocenters. The number of para-hydroxylation sites is 1. The summed E-state index contributed by atoms with van der Waals surface area (Å²) in [5.41, 5.74) is 7.10. The van der Waals surface area contributed by atoms with Crippen LogP contribution in [0.2, 0.25) is 0 Å². The summed E-state index contributed by atoms with van der Waals surface area (Å²) in [4.78, 5) is 16.0. The van der Waals surface area contributed by atoms with Crippen LogP contribution in [-0.2, 0) is 6.18 Å². The summed E-state index contributed by atoms with van der Waals surface area (Å²) in [6.45, 7) is 0. The highest BCUT2D eigenvalue weighted by atomic mass is 19.4. The summed E-state index contributed by atoms with van der Waals surface area (Å²) in [6, 6.07) is 13.2. The predicted molar refractivity (Wildman–Crippen MR) is 119 cm³/mol. The van der Waals surface area contributed by atoms with E-state index in [9.17, 15) is 18.0 Å². The molecular weight excluding hydrogens is 431 g/mol. The highest BCUT2D eigenvalue weighted by molar-refractivity contribution is 5.95. The number of carbonyl (C=O) groups is 1. The smallest absolute Gasteiger partial charge is 0.381 e. The molecule has 3 N–H and O–H groups in total. The number of halogens is 3. The van der Waals surface area contributed by atoms with E-state index in [1.165, 1.54) is 0 Å². The molecule has 5 rings (SSSR count). The van der Waals surface area contributed by atoms with Crippen molar-refractivity contribution in [2.45, 2.75) is 43.8 Å². The van der Waals surface area contributed by atoms with Crippen LogP contribution in [0.3, 0.4) is 0 Å². The van der Waals surface area contributed by atoms with E-state index in [0.29, 0.717) is 11.1 Å². The molecule has 33 heavy (non-hydrogen) atoms. The summed E-state index contributed by atoms with van der Waals surface area (Å²) in [7, 11) is 0. The number of hydrogen-bond acceptors (Lipinski definition) is 4. The van der Waals surface area contributed by atoms with Crippen LogP contribution in [0.25, 0.3) is 16.4 Å². The first-order valence-electron chi connectivity index (χ1n) is 10.8. The van der Waals surface area contributed by atoms with Gasteiger partial charge in [0.25, 0.3) is 5.91 Å². The average Bonchev–Trinajstić information content (AvgIpc) is 3.19. The number of nitrogens with zero attached hydrogens (tertiary/aromatic N) is 3. The number of hydrogen-bond donors (Lipinski definition) is 2. The summed E-state index contributed by atoms with van der Waals surface area (Å²) in [5, 5.41) is 8.37. The van der Waals surface area contributed by atoms with Crippen molar-refractivity contribution < 1.29 is 18.0 Å². The molecular formula is C24H22F3N5O. The molecule has 1 saturated carbocycles. The van der Waals surface area contributed by atoms with Gasteiger partial charge in [0, 0.05) is 34.8 Å². The second kappa shape index (κ2) is 8.06. The van der Waals surface area contributed by atoms with Crippen LogP contribution in [0, 0.1) is 0 Å². The van der Waals surface area contributed by atoms with Gasteiger partial charge in [0.2, 0.25) is 0 Å². The Hall–Kier alpha value is -3.62. The van der Waals surface area contributed by atoms with E-state index in [0.717, 1.165) is 42.8 Å². The fraction of sp³-hybridized carbons (Fsp3) is 0.292. The maximum absolute atomic E-state index is 13.5. The van der Waals surface area contributed by atoms with Crippen molar-refractivity contribution in [2.24, 2.45) is 5.73 Å². The minimum absolute atomic E-state index is 0.137. The van der Waals surface area contributed by atoms with Crippen LogP contribution < -0.4 is 11.1 Å². The topological polar surface area (TPSA) is 85.3 Å². The summed E-state index contributed by atoms with van der Waals surface area (Å²) >= 11 is 0. The lowest BCUT2D eigenvalue weighted by molar-refractivity contribution is -0.140. The van der Waals surface area contributed by atoms with E-state index in [2.05, 4.69) is 15.4 Å². The molecule has 0 spiro atoms. The van der Waals surface area contributed by atoms with Crippen LogP contribution in [0.5, 0.6) is 0 Å². The number of rotatable bonds is 4. The van der Waals surface area contributed by atoms with Crippen molar-refractivity contribution in [3.05, 3.63) is 71.7 Å². The van der Waals surface area contributed by atoms with Crippen LogP contribution >= 0.6 is 0 Å². The van der Waals surface area contributed by atoms with E-state index in [1.54, 1.807) is 35.0 Å². The lowest BCUT2D eigenvalue weighted by Crippen LogP contribution is -2.32. The number of pyridine rings is 2. The van der Waals surface area contributed by atoms with Gasteiger partial charge < -0.3 is 11.1 Å². The lowest BCUT2D eigenvalue weighted by Gasteiger charge is -2.33. The molecule has 0 radical (unpaired) electrons. The van der Waals surface area contributed by atoms with Crippen molar-refractivity contribution in [3.63, 3.8) is 0 Å². The van der Waals surface area contributed by atoms with Gasteiger partial charge in [0.05, 0.1) is 11.0 Å². The third-order valence-corrected chi connectivity index (χ3v) is 6.30. The van der Waals surface area contributed by atoms with E-state index in [4.69, 9.17) is 5.73 Å². The first-order chi connectivity index (χ1) is 15.8. The molecule has 1 aliphatic carbocycles. The van der Waals surface area contributed by atoms with Crippen molar-refractivity contribution in [3.8, 4) is 0 Å². The standard InChI is InChI=1S/C24H22F3N5O/c25-24(26,27)20-13-18(14-7-1-3-9-16(14)30-20)29-17-10-4-2-8-15(17)21-19-11-5-6-12-32(19)31-22(21)23(28)33/h1,3,5-7,9,11-13,15,17H,2,4,8,10H2,(H2,28,33)(H,29,30)/t15?,17-/m0/s1. The van der Waals surface area contributed by atoms with E-state index >= 15 is 0 Å². The largest absolute Gasteiger partial charge is 0.433 e. The molecule has 9 heteroatoms. The number of aromatic nitrogens is 3. The number of fused-ring (bicyclic) bond motifs is 2. The van der Waals surface area contributed by atoms with Crippen molar-refractivity contribution in [1.82, 2.24) is 14.6 Å². The minimum Gasteiger partial charge on any atom is -0.381 e. The molecule has 0 saturated heterocycles. The number of nitrogens with two attached hydrogens (primary N) is 1. The molecule has 4 aromatic rings. The normalized spacial score (nSPS) is 19.1. The first kappa shape index (κ1) is 21.2. The zero-order valence-electron chi connectivity index (χ0n) is 17.6. The quantitative estimate of drug-likeness (QED) is 0.448. The second-order valence-corrected chi connectivity index (χ2v) is 8.37. The van der Waals surface area contributed by atoms with Gasteiger partial charge in [0.15, 0.2) is 5.69 Å². The Bertz CT molecular complexity index is 1350. The maximum atomic E-state index is 13.5. The van der Waals surface area contributed by atoms with E-state index in [1.807, 2.05) is 18.2 Å². The van der Waals surface area contributed by atoms with Gasteiger partial charge in [-0.2, -0.15) is 18.3 Å². The summed E-state index contributed by atoms with van der Waals surface area (Å²) in [6.07, 6.45) is 0.565. The van der Waals surface area contributed by atoms with Gasteiger partial charge in [-0.15, -0.1) is 0 Å². The van der Waals surface area contributed by atoms with Gasteiger partial charge in [0.1, 0.15) is 5.69 Å². The summed E-state index contributed by atoms with van der Waals surface area (Å²) < 4.78 is 42.2. The van der Waals surface area contributed by atoms with Gasteiger partial charge in [-0.3, -0.25) is 4.79 Å². The minimum atomic E-state index is -4.56. The van der Waals surface area contributed by atoms with Crippen molar-refractivity contribution in [1.29, 1.82) is 0 Å². The Balaban J connectivity index is 1.61. The van der Waals surface area contributed by atoms with Crippen LogP contribution in [0.1, 0.15) is 53.3 Å². The monoisotopic (exact) mass is 453 g/mol. The predicted octanol–water partition coefficient (Wildman–Crippen LogP) is 5.14. The Morgan fingerprint density at radius 2 is 1.85 bits per heavy atom. The maximum Gasteiger partial charge on any atom is 0.433 e. The molecule has 0 aliphatic heterocycles. The third kappa shape index (κ3) is 3.88. The van der Waals surface area contributed by atoms with E-state index < -0.39 is 17.8 Å². The van der Waals surface area contributed by atoms with Crippen molar-refractivity contribution >= 4 is 28.0 Å². The van der Waals surface area contributed by atoms with Gasteiger partial charge in [-0.05, 0) is 37.1 Å². The van der Waals surface area contributed by atoms with Crippen LogP contribution in [-0.4, -0.2) is 26.5 Å². The van der Waals surface area contributed by atoms with E-state index in [-0.39, 0.29) is 23.2 Å². The SMILES string of the molecule is NC(=O)c1nn2ccccc2c1C1CCCC[C@@H]1Nc1cc(C(F)(F)F)nc2ccccc12. The highest BCUT2D eigenvalue weighted by Crippen LogP contribution is 2.40. The Morgan fingerprint density at radius 3 is 2.64 bits per heavy atom. The third-order valence-electron chi connectivity index (χ3n) is 6.30. The van der Waals surface area contributed by atoms with Gasteiger partial charge in [-0.25, -0.2) is 9.50 Å². The molecule has 1 unspecified atom stereocenters. The molecule has 1 aromatic carbocycles. The summed E-state index contributed by atoms with van der Waals surface area (Å²) in [5.74, 6) is -0.755. The van der Waals surface area contributed by atoms with Gasteiger partial charge in [-0.1, -0.05) is 37.1 Å². The Morgan fingerprint density at radius 1 is 1.09 bits per heavy atom. The van der Waals surface area contributed by atoms with Crippen LogP contribution in [0.4, 0.5) is 18.9 Å². The second-order valence-electron chi connectivity index (χ2n) is 8.37. The van der Waals surface area contributed by atoms with Gasteiger partial charge >= 0.3 is 6.18 Å². The number of carbonyl (C=O) groups excluding carboxylic acids is 1. The Kier molecular flexibility index (Phi) is 5.19. The number of alkyl halides is 3. The average molecular weight is 453 g/mol. The zero-order valence-corrected chi connectivity index (χ0v) is 17.6. The zero-order chi connectivity index (χ0) is 23.2. The fourth-order valence-electron chi connectivity index (χ4n) is 4.85. The highest BCUT2D eigenvalue weighted by Gasteiger charge is 2.35. The lowest BCUT2D eigenvalue weighted by atomic mass is 9.79. The number of anilines is 1. The Labute approximate surface area is 187 Å². The molecule has 3 aromatic heterocycles. The number of nitrogens with one attached hydrogen (secondary N) is 1. The fourth-order valence-corrected chi connectivity index (χ4v) is 4.85. The number of primary amides is 1. The molecule has 1 amide bonds. The number of amides is 1. The van der Waals surface area contributed by atoms with Crippen molar-refractivity contribution in [2.75, 3.05) is 5.32 Å². The molecule has 1 aliphatic rings. The molecule has 6 nitrogen and oxygen atoms in total. The van der Waals surface area contributed by atoms with Crippen LogP contribution in [0.15, 0.2) is 54.7 Å². The molecule has 0 bridgehead atoms. The molecule has 1 fully saturated rings. The first-order valence-corrected chi connectivity index (χ1v) is 10.8. The molecule has 3 heterocycles. The molecule has 170 valence electrons. The number of benzene rings is 1.